The lowest BCUT2D eigenvalue weighted by Gasteiger charge is -2.33. The van der Waals surface area contributed by atoms with Crippen LogP contribution in [0.5, 0.6) is 5.75 Å². The molecule has 2 aromatic rings. The number of hydrogen-bond donors (Lipinski definition) is 3. The highest BCUT2D eigenvalue weighted by molar-refractivity contribution is 6.14. The number of rotatable bonds is 0. The molecule has 0 aliphatic heterocycles. The van der Waals surface area contributed by atoms with E-state index < -0.39 is 12.2 Å². The maximum atomic E-state index is 13.0. The van der Waals surface area contributed by atoms with Gasteiger partial charge in [-0.25, -0.2) is 0 Å². The SMILES string of the molecule is C[C@@H]1Cc2ccc3c(c2[C@H](O)C1)C(=O)c1cccc(O)c1[C@@H]3O. The monoisotopic (exact) mass is 310 g/mol. The molecule has 2 aliphatic carbocycles. The summed E-state index contributed by atoms with van der Waals surface area (Å²) in [6, 6.07) is 8.30. The van der Waals surface area contributed by atoms with E-state index in [0.717, 1.165) is 12.0 Å². The molecular weight excluding hydrogens is 292 g/mol. The van der Waals surface area contributed by atoms with E-state index in [1.165, 1.54) is 6.07 Å². The first-order chi connectivity index (χ1) is 11.0. The average molecular weight is 310 g/mol. The Morgan fingerprint density at radius 1 is 1.09 bits per heavy atom. The Morgan fingerprint density at radius 3 is 2.65 bits per heavy atom. The second-order valence-corrected chi connectivity index (χ2v) is 6.63. The molecule has 0 unspecified atom stereocenters. The highest BCUT2D eigenvalue weighted by Crippen LogP contribution is 2.45. The molecule has 0 heterocycles. The third-order valence-corrected chi connectivity index (χ3v) is 5.02. The Bertz CT molecular complexity index is 824. The first-order valence-electron chi connectivity index (χ1n) is 7.87. The lowest BCUT2D eigenvalue weighted by Crippen LogP contribution is -2.26. The Kier molecular flexibility index (Phi) is 3.08. The zero-order valence-electron chi connectivity index (χ0n) is 12.8. The number of hydrogen-bond acceptors (Lipinski definition) is 4. The van der Waals surface area contributed by atoms with Gasteiger partial charge in [-0.05, 0) is 41.5 Å². The first-order valence-corrected chi connectivity index (χ1v) is 7.87. The van der Waals surface area contributed by atoms with Crippen LogP contribution in [0.25, 0.3) is 0 Å². The molecule has 0 amide bonds. The minimum atomic E-state index is -1.06. The average Bonchev–Trinajstić information content (AvgIpc) is 2.51. The summed E-state index contributed by atoms with van der Waals surface area (Å²) < 4.78 is 0. The molecule has 118 valence electrons. The van der Waals surface area contributed by atoms with Crippen molar-refractivity contribution in [1.29, 1.82) is 0 Å². The quantitative estimate of drug-likeness (QED) is 0.699. The summed E-state index contributed by atoms with van der Waals surface area (Å²) in [5, 5.41) is 31.2. The summed E-state index contributed by atoms with van der Waals surface area (Å²) in [6.07, 6.45) is -0.329. The normalized spacial score (nSPS) is 25.5. The van der Waals surface area contributed by atoms with Crippen molar-refractivity contribution in [3.63, 3.8) is 0 Å². The highest BCUT2D eigenvalue weighted by atomic mass is 16.3. The van der Waals surface area contributed by atoms with Crippen LogP contribution in [0.15, 0.2) is 30.3 Å². The maximum Gasteiger partial charge on any atom is 0.194 e. The van der Waals surface area contributed by atoms with Crippen LogP contribution in [0.4, 0.5) is 0 Å². The predicted octanol–water partition coefficient (Wildman–Crippen LogP) is 2.63. The molecular formula is C19H18O4. The van der Waals surface area contributed by atoms with Crippen LogP contribution >= 0.6 is 0 Å². The molecule has 0 saturated heterocycles. The lowest BCUT2D eigenvalue weighted by atomic mass is 9.73. The smallest absolute Gasteiger partial charge is 0.194 e. The molecule has 0 radical (unpaired) electrons. The largest absolute Gasteiger partial charge is 0.508 e. The molecule has 0 spiro atoms. The van der Waals surface area contributed by atoms with Crippen LogP contribution in [-0.4, -0.2) is 21.1 Å². The van der Waals surface area contributed by atoms with Gasteiger partial charge in [-0.2, -0.15) is 0 Å². The topological polar surface area (TPSA) is 77.8 Å². The molecule has 0 fully saturated rings. The number of ketones is 1. The summed E-state index contributed by atoms with van der Waals surface area (Å²) in [4.78, 5) is 13.0. The number of phenolic OH excluding ortho intramolecular Hbond substituents is 1. The standard InChI is InChI=1S/C19H18O4/c1-9-7-10-5-6-12-17(15(10)14(21)8-9)19(23)11-3-2-4-13(20)16(11)18(12)22/h2-6,9,14,18,20-22H,7-8H2,1H3/t9-,14-,18-/m1/s1. The van der Waals surface area contributed by atoms with Gasteiger partial charge < -0.3 is 15.3 Å². The van der Waals surface area contributed by atoms with Gasteiger partial charge in [0.05, 0.1) is 6.10 Å². The van der Waals surface area contributed by atoms with E-state index >= 15 is 0 Å². The molecule has 2 aromatic carbocycles. The van der Waals surface area contributed by atoms with E-state index in [1.807, 2.05) is 6.07 Å². The van der Waals surface area contributed by atoms with E-state index in [9.17, 15) is 20.1 Å². The number of fused-ring (bicyclic) bond motifs is 4. The minimum Gasteiger partial charge on any atom is -0.508 e. The van der Waals surface area contributed by atoms with Crippen LogP contribution < -0.4 is 0 Å². The van der Waals surface area contributed by atoms with Crippen molar-refractivity contribution in [2.24, 2.45) is 5.92 Å². The van der Waals surface area contributed by atoms with Gasteiger partial charge in [0.15, 0.2) is 5.78 Å². The lowest BCUT2D eigenvalue weighted by molar-refractivity contribution is 0.0991. The van der Waals surface area contributed by atoms with Crippen LogP contribution in [-0.2, 0) is 6.42 Å². The second-order valence-electron chi connectivity index (χ2n) is 6.63. The van der Waals surface area contributed by atoms with E-state index in [0.29, 0.717) is 34.6 Å². The fraction of sp³-hybridized carbons (Fsp3) is 0.316. The summed E-state index contributed by atoms with van der Waals surface area (Å²) in [5.41, 5.74) is 3.06. The van der Waals surface area contributed by atoms with Crippen molar-refractivity contribution < 1.29 is 20.1 Å². The first kappa shape index (κ1) is 14.4. The van der Waals surface area contributed by atoms with Gasteiger partial charge in [0, 0.05) is 16.7 Å². The molecule has 4 heteroatoms. The zero-order valence-corrected chi connectivity index (χ0v) is 12.8. The number of aliphatic hydroxyl groups excluding tert-OH is 2. The number of benzene rings is 2. The Morgan fingerprint density at radius 2 is 1.87 bits per heavy atom. The molecule has 0 bridgehead atoms. The molecule has 0 aromatic heterocycles. The summed E-state index contributed by atoms with van der Waals surface area (Å²) >= 11 is 0. The Hall–Kier alpha value is -2.17. The van der Waals surface area contributed by atoms with Crippen molar-refractivity contribution in [2.75, 3.05) is 0 Å². The van der Waals surface area contributed by atoms with E-state index in [1.54, 1.807) is 18.2 Å². The number of carbonyl (C=O) groups is 1. The number of aromatic hydroxyl groups is 1. The fourth-order valence-electron chi connectivity index (χ4n) is 4.01. The number of aliphatic hydroxyl groups is 2. The third-order valence-electron chi connectivity index (χ3n) is 5.02. The molecule has 0 saturated carbocycles. The van der Waals surface area contributed by atoms with Crippen molar-refractivity contribution >= 4 is 5.78 Å². The summed E-state index contributed by atoms with van der Waals surface area (Å²) in [5.74, 6) is 0.0399. The Labute approximate surface area is 134 Å². The summed E-state index contributed by atoms with van der Waals surface area (Å²) in [7, 11) is 0. The van der Waals surface area contributed by atoms with Gasteiger partial charge in [0.2, 0.25) is 0 Å². The molecule has 2 aliphatic rings. The van der Waals surface area contributed by atoms with Crippen LogP contribution in [0, 0.1) is 5.92 Å². The van der Waals surface area contributed by atoms with E-state index in [-0.39, 0.29) is 17.1 Å². The molecule has 3 N–H and O–H groups in total. The number of phenols is 1. The molecule has 4 rings (SSSR count). The van der Waals surface area contributed by atoms with Gasteiger partial charge in [0.25, 0.3) is 0 Å². The minimum absolute atomic E-state index is 0.0825. The molecule has 4 nitrogen and oxygen atoms in total. The molecule has 23 heavy (non-hydrogen) atoms. The number of carbonyl (C=O) groups excluding carboxylic acids is 1. The van der Waals surface area contributed by atoms with Crippen molar-refractivity contribution in [3.05, 3.63) is 63.7 Å². The van der Waals surface area contributed by atoms with Crippen molar-refractivity contribution in [1.82, 2.24) is 0 Å². The van der Waals surface area contributed by atoms with Crippen molar-refractivity contribution in [3.8, 4) is 5.75 Å². The maximum absolute atomic E-state index is 13.0. The zero-order chi connectivity index (χ0) is 16.3. The van der Waals surface area contributed by atoms with Gasteiger partial charge in [0.1, 0.15) is 11.9 Å². The van der Waals surface area contributed by atoms with Crippen LogP contribution in [0.3, 0.4) is 0 Å². The van der Waals surface area contributed by atoms with E-state index in [4.69, 9.17) is 0 Å². The summed E-state index contributed by atoms with van der Waals surface area (Å²) in [6.45, 7) is 2.08. The van der Waals surface area contributed by atoms with E-state index in [2.05, 4.69) is 6.92 Å². The van der Waals surface area contributed by atoms with Crippen LogP contribution in [0.2, 0.25) is 0 Å². The third kappa shape index (κ3) is 1.95. The van der Waals surface area contributed by atoms with Gasteiger partial charge in [-0.15, -0.1) is 0 Å². The molecule has 3 atom stereocenters. The van der Waals surface area contributed by atoms with Gasteiger partial charge >= 0.3 is 0 Å². The predicted molar refractivity (Wildman–Crippen MR) is 84.5 cm³/mol. The second kappa shape index (κ2) is 4.91. The van der Waals surface area contributed by atoms with Gasteiger partial charge in [-0.1, -0.05) is 31.2 Å². The fourth-order valence-corrected chi connectivity index (χ4v) is 4.01. The highest BCUT2D eigenvalue weighted by Gasteiger charge is 2.37. The van der Waals surface area contributed by atoms with Gasteiger partial charge in [-0.3, -0.25) is 4.79 Å². The van der Waals surface area contributed by atoms with Crippen molar-refractivity contribution in [2.45, 2.75) is 32.0 Å². The van der Waals surface area contributed by atoms with Crippen LogP contribution in [0.1, 0.15) is 63.7 Å². The Balaban J connectivity index is 1.99.